The fraction of sp³-hybridized carbons (Fsp3) is 0.591. The van der Waals surface area contributed by atoms with Crippen molar-refractivity contribution in [3.63, 3.8) is 0 Å². The molecule has 2 heterocycles. The van der Waals surface area contributed by atoms with E-state index >= 15 is 0 Å². The van der Waals surface area contributed by atoms with Gasteiger partial charge in [-0.3, -0.25) is 14.5 Å². The lowest BCUT2D eigenvalue weighted by molar-refractivity contribution is 0.0180. The van der Waals surface area contributed by atoms with Crippen LogP contribution >= 0.6 is 0 Å². The molecule has 6 heteroatoms. The highest BCUT2D eigenvalue weighted by Gasteiger charge is 2.34. The van der Waals surface area contributed by atoms with Crippen LogP contribution in [0.3, 0.4) is 0 Å². The third-order valence-corrected chi connectivity index (χ3v) is 5.12. The van der Waals surface area contributed by atoms with Crippen molar-refractivity contribution in [1.29, 1.82) is 0 Å². The van der Waals surface area contributed by atoms with E-state index in [1.54, 1.807) is 29.2 Å². The van der Waals surface area contributed by atoms with E-state index in [0.29, 0.717) is 25.4 Å². The molecule has 0 atom stereocenters. The smallest absolute Gasteiger partial charge is 0.410 e. The lowest BCUT2D eigenvalue weighted by Gasteiger charge is -2.33. The van der Waals surface area contributed by atoms with Crippen LogP contribution in [0.5, 0.6) is 0 Å². The Hall–Kier alpha value is -2.37. The summed E-state index contributed by atoms with van der Waals surface area (Å²) in [5.74, 6) is -0.737. The summed E-state index contributed by atoms with van der Waals surface area (Å²) in [5, 5.41) is 0. The minimum atomic E-state index is -2.02. The van der Waals surface area contributed by atoms with Crippen LogP contribution in [0.25, 0.3) is 0 Å². The number of hydrogen-bond donors (Lipinski definition) is 0. The summed E-state index contributed by atoms with van der Waals surface area (Å²) in [6, 6.07) is 6.47. The molecule has 152 valence electrons. The molecule has 1 saturated heterocycles. The Labute approximate surface area is 169 Å². The van der Waals surface area contributed by atoms with Gasteiger partial charge >= 0.3 is 6.09 Å². The number of fused-ring (bicyclic) bond motifs is 1. The quantitative estimate of drug-likeness (QED) is 0.712. The first-order chi connectivity index (χ1) is 14.0. The van der Waals surface area contributed by atoms with Crippen molar-refractivity contribution in [3.8, 4) is 0 Å². The monoisotopic (exact) mass is 388 g/mol. The van der Waals surface area contributed by atoms with E-state index < -0.39 is 23.9 Å². The van der Waals surface area contributed by atoms with Crippen molar-refractivity contribution in [2.24, 2.45) is 5.92 Å². The number of hydrogen-bond acceptors (Lipinski definition) is 4. The molecule has 3 amide bonds. The van der Waals surface area contributed by atoms with Crippen LogP contribution in [0.15, 0.2) is 24.3 Å². The summed E-state index contributed by atoms with van der Waals surface area (Å²) >= 11 is 0. The van der Waals surface area contributed by atoms with E-state index in [1.807, 2.05) is 20.8 Å². The van der Waals surface area contributed by atoms with E-state index in [4.69, 9.17) is 7.48 Å². The van der Waals surface area contributed by atoms with Gasteiger partial charge in [-0.2, -0.15) is 0 Å². The molecule has 0 spiro atoms. The second-order valence-corrected chi connectivity index (χ2v) is 8.45. The van der Waals surface area contributed by atoms with Gasteiger partial charge in [0.25, 0.3) is 11.8 Å². The second-order valence-electron chi connectivity index (χ2n) is 8.45. The van der Waals surface area contributed by atoms with E-state index in [0.717, 1.165) is 24.2 Å². The Balaban J connectivity index is 1.47. The highest BCUT2D eigenvalue weighted by Crippen LogP contribution is 2.26. The average Bonchev–Trinajstić information content (AvgIpc) is 2.92. The molecule has 0 aromatic heterocycles. The number of piperidine rings is 1. The fourth-order valence-electron chi connectivity index (χ4n) is 3.65. The van der Waals surface area contributed by atoms with Gasteiger partial charge in [0.05, 0.1) is 11.1 Å². The van der Waals surface area contributed by atoms with Crippen molar-refractivity contribution < 1.29 is 21.9 Å². The molecule has 3 rings (SSSR count). The molecule has 0 bridgehead atoms. The number of nitrogens with zero attached hydrogens (tertiary/aromatic N) is 2. The molecular formula is C22H30N2O4. The van der Waals surface area contributed by atoms with Crippen molar-refractivity contribution in [3.05, 3.63) is 35.4 Å². The molecule has 0 N–H and O–H groups in total. The number of rotatable bonds is 5. The maximum atomic E-state index is 12.5. The van der Waals surface area contributed by atoms with Gasteiger partial charge in [0.2, 0.25) is 0 Å². The zero-order valence-corrected chi connectivity index (χ0v) is 16.9. The maximum Gasteiger partial charge on any atom is 0.410 e. The van der Waals surface area contributed by atoms with Crippen LogP contribution in [0, 0.1) is 5.92 Å². The van der Waals surface area contributed by atoms with Gasteiger partial charge < -0.3 is 9.64 Å². The molecular weight excluding hydrogens is 356 g/mol. The summed E-state index contributed by atoms with van der Waals surface area (Å²) in [7, 11) is 0. The number of benzene rings is 1. The molecule has 6 nitrogen and oxygen atoms in total. The van der Waals surface area contributed by atoms with E-state index in [2.05, 4.69) is 0 Å². The van der Waals surface area contributed by atoms with E-state index in [9.17, 15) is 14.4 Å². The first-order valence-corrected chi connectivity index (χ1v) is 9.95. The summed E-state index contributed by atoms with van der Waals surface area (Å²) < 4.78 is 22.1. The molecule has 2 aliphatic heterocycles. The molecule has 28 heavy (non-hydrogen) atoms. The standard InChI is InChI=1S/C22H30N2O4/c1-22(2,3)28-21(27)23-14-11-16(12-15-23)8-6-7-13-24-19(25)17-9-4-5-10-18(17)20(24)26/h4-5,9-10,16H,6-8,11-15H2,1-3H3/i13D2. The van der Waals surface area contributed by atoms with Gasteiger partial charge in [0.1, 0.15) is 5.60 Å². The van der Waals surface area contributed by atoms with Crippen LogP contribution in [-0.2, 0) is 4.74 Å². The SMILES string of the molecule is [2H]C([2H])(CCCC1CCN(C(=O)OC(C)(C)C)CC1)N1C(=O)c2ccccc2C1=O. The number of carbonyl (C=O) groups is 3. The van der Waals surface area contributed by atoms with Crippen LogP contribution in [0.4, 0.5) is 4.79 Å². The lowest BCUT2D eigenvalue weighted by Crippen LogP contribution is -2.41. The number of likely N-dealkylation sites (tertiary alicyclic amines) is 1. The van der Waals surface area contributed by atoms with Gasteiger partial charge in [0, 0.05) is 22.3 Å². The number of amides is 3. The Kier molecular flexibility index (Phi) is 5.27. The van der Waals surface area contributed by atoms with Crippen molar-refractivity contribution in [2.75, 3.05) is 19.6 Å². The minimum Gasteiger partial charge on any atom is -0.444 e. The van der Waals surface area contributed by atoms with Crippen molar-refractivity contribution >= 4 is 17.9 Å². The normalized spacial score (nSPS) is 19.4. The molecule has 2 aliphatic rings. The topological polar surface area (TPSA) is 66.9 Å². The lowest BCUT2D eigenvalue weighted by atomic mass is 9.91. The summed E-state index contributed by atoms with van der Waals surface area (Å²) in [5.41, 5.74) is 0.0191. The zero-order valence-electron chi connectivity index (χ0n) is 18.9. The van der Waals surface area contributed by atoms with E-state index in [1.165, 1.54) is 0 Å². The van der Waals surface area contributed by atoms with E-state index in [-0.39, 0.29) is 23.6 Å². The second kappa shape index (κ2) is 8.33. The Morgan fingerprint density at radius 3 is 2.21 bits per heavy atom. The summed E-state index contributed by atoms with van der Waals surface area (Å²) in [6.45, 7) is 4.78. The van der Waals surface area contributed by atoms with Crippen LogP contribution < -0.4 is 0 Å². The van der Waals surface area contributed by atoms with Crippen molar-refractivity contribution in [2.45, 2.75) is 58.5 Å². The maximum absolute atomic E-state index is 12.5. The minimum absolute atomic E-state index is 0.102. The van der Waals surface area contributed by atoms with Gasteiger partial charge in [-0.25, -0.2) is 4.79 Å². The Morgan fingerprint density at radius 2 is 1.68 bits per heavy atom. The average molecular weight is 389 g/mol. The molecule has 0 aliphatic carbocycles. The van der Waals surface area contributed by atoms with Gasteiger partial charge in [-0.1, -0.05) is 25.0 Å². The predicted molar refractivity (Wildman–Crippen MR) is 106 cm³/mol. The Morgan fingerprint density at radius 1 is 1.11 bits per heavy atom. The molecule has 1 aromatic carbocycles. The summed E-state index contributed by atoms with van der Waals surface area (Å²) in [4.78, 5) is 39.7. The van der Waals surface area contributed by atoms with Crippen LogP contribution in [-0.4, -0.2) is 52.9 Å². The van der Waals surface area contributed by atoms with Crippen LogP contribution in [0.2, 0.25) is 0 Å². The van der Waals surface area contributed by atoms with Crippen LogP contribution in [0.1, 0.15) is 76.3 Å². The third-order valence-electron chi connectivity index (χ3n) is 5.12. The zero-order chi connectivity index (χ0) is 22.1. The number of carbonyl (C=O) groups excluding carboxylic acids is 3. The molecule has 1 aromatic rings. The first-order valence-electron chi connectivity index (χ1n) is 11.0. The predicted octanol–water partition coefficient (Wildman–Crippen LogP) is 4.10. The molecule has 1 fully saturated rings. The third kappa shape index (κ3) is 4.72. The van der Waals surface area contributed by atoms with Gasteiger partial charge in [0.15, 0.2) is 0 Å². The highest BCUT2D eigenvalue weighted by molar-refractivity contribution is 6.21. The van der Waals surface area contributed by atoms with Gasteiger partial charge in [-0.15, -0.1) is 0 Å². The molecule has 0 saturated carbocycles. The number of ether oxygens (including phenoxy) is 1. The molecule has 0 radical (unpaired) electrons. The number of imide groups is 1. The Bertz CT molecular complexity index is 792. The largest absolute Gasteiger partial charge is 0.444 e. The fourth-order valence-corrected chi connectivity index (χ4v) is 3.65. The van der Waals surface area contributed by atoms with Gasteiger partial charge in [-0.05, 0) is 58.1 Å². The summed E-state index contributed by atoms with van der Waals surface area (Å²) in [6.07, 6.45) is 2.86. The first kappa shape index (κ1) is 17.7. The van der Waals surface area contributed by atoms with Crippen molar-refractivity contribution in [1.82, 2.24) is 9.80 Å². The highest BCUT2D eigenvalue weighted by atomic mass is 16.6. The molecule has 0 unspecified atom stereocenters.